The zero-order valence-electron chi connectivity index (χ0n) is 12.3. The van der Waals surface area contributed by atoms with E-state index in [0.717, 1.165) is 19.1 Å². The van der Waals surface area contributed by atoms with Gasteiger partial charge in [0.15, 0.2) is 0 Å². The van der Waals surface area contributed by atoms with Crippen LogP contribution in [-0.2, 0) is 11.0 Å². The highest BCUT2D eigenvalue weighted by molar-refractivity contribution is 6.33. The number of hydrogen-bond acceptors (Lipinski definition) is 3. The maximum atomic E-state index is 12.8. The first-order valence-corrected chi connectivity index (χ1v) is 7.02. The van der Waals surface area contributed by atoms with Gasteiger partial charge in [-0.25, -0.2) is 0 Å². The van der Waals surface area contributed by atoms with Crippen molar-refractivity contribution in [2.75, 3.05) is 5.32 Å². The first-order valence-electron chi connectivity index (χ1n) is 6.64. The fourth-order valence-corrected chi connectivity index (χ4v) is 2.06. The van der Waals surface area contributed by atoms with Crippen LogP contribution in [0.15, 0.2) is 42.5 Å². The Hall–Kier alpha value is -2.54. The number of para-hydroxylation sites is 1. The summed E-state index contributed by atoms with van der Waals surface area (Å²) >= 11 is 5.92. The highest BCUT2D eigenvalue weighted by atomic mass is 35.5. The predicted octanol–water partition coefficient (Wildman–Crippen LogP) is 4.54. The van der Waals surface area contributed by atoms with Crippen LogP contribution >= 0.6 is 11.6 Å². The summed E-state index contributed by atoms with van der Waals surface area (Å²) in [5, 5.41) is 2.71. The van der Waals surface area contributed by atoms with Crippen molar-refractivity contribution in [2.24, 2.45) is 0 Å². The number of alkyl halides is 3. The third-order valence-electron chi connectivity index (χ3n) is 2.93. The third kappa shape index (κ3) is 4.26. The van der Waals surface area contributed by atoms with Crippen molar-refractivity contribution in [3.63, 3.8) is 0 Å². The van der Waals surface area contributed by atoms with E-state index in [1.807, 2.05) is 0 Å². The summed E-state index contributed by atoms with van der Waals surface area (Å²) in [4.78, 5) is 23.4. The maximum Gasteiger partial charge on any atom is 0.416 e. The predicted molar refractivity (Wildman–Crippen MR) is 82.2 cm³/mol. The monoisotopic (exact) mass is 357 g/mol. The van der Waals surface area contributed by atoms with Crippen LogP contribution in [0, 0.1) is 0 Å². The molecule has 2 rings (SSSR count). The largest absolute Gasteiger partial charge is 0.426 e. The van der Waals surface area contributed by atoms with Gasteiger partial charge in [-0.1, -0.05) is 23.7 Å². The van der Waals surface area contributed by atoms with Crippen LogP contribution in [-0.4, -0.2) is 11.9 Å². The van der Waals surface area contributed by atoms with Gasteiger partial charge < -0.3 is 10.1 Å². The lowest BCUT2D eigenvalue weighted by molar-refractivity contribution is -0.138. The highest BCUT2D eigenvalue weighted by Crippen LogP contribution is 2.33. The van der Waals surface area contributed by atoms with Gasteiger partial charge in [0.2, 0.25) is 0 Å². The summed E-state index contributed by atoms with van der Waals surface area (Å²) in [5.74, 6) is -2.09. The van der Waals surface area contributed by atoms with E-state index in [1.165, 1.54) is 12.1 Å². The van der Waals surface area contributed by atoms with E-state index in [0.29, 0.717) is 6.07 Å². The number of hydrogen-bond donors (Lipinski definition) is 1. The number of carbonyl (C=O) groups excluding carboxylic acids is 2. The van der Waals surface area contributed by atoms with Crippen LogP contribution in [0.1, 0.15) is 22.8 Å². The number of anilines is 1. The molecule has 8 heteroatoms. The standard InChI is InChI=1S/C16H11ClF3NO3/c1-9(22)24-14-8-10(16(18,19)20)6-7-11(14)15(23)21-13-5-3-2-4-12(13)17/h2-8H,1H3,(H,21,23). The summed E-state index contributed by atoms with van der Waals surface area (Å²) in [6.45, 7) is 1.02. The molecule has 4 nitrogen and oxygen atoms in total. The first-order chi connectivity index (χ1) is 11.2. The van der Waals surface area contributed by atoms with Crippen LogP contribution in [0.2, 0.25) is 5.02 Å². The Balaban J connectivity index is 2.39. The molecule has 2 aromatic rings. The summed E-state index contributed by atoms with van der Waals surface area (Å²) in [7, 11) is 0. The van der Waals surface area contributed by atoms with Crippen molar-refractivity contribution < 1.29 is 27.5 Å². The molecule has 0 atom stereocenters. The van der Waals surface area contributed by atoms with Gasteiger partial charge >= 0.3 is 12.1 Å². The van der Waals surface area contributed by atoms with Crippen molar-refractivity contribution in [1.29, 1.82) is 0 Å². The Labute approximate surface area is 140 Å². The summed E-state index contributed by atoms with van der Waals surface area (Å²) in [6, 6.07) is 8.61. The topological polar surface area (TPSA) is 55.4 Å². The Morgan fingerprint density at radius 1 is 1.12 bits per heavy atom. The lowest BCUT2D eigenvalue weighted by atomic mass is 10.1. The van der Waals surface area contributed by atoms with Gasteiger partial charge in [-0.15, -0.1) is 0 Å². The van der Waals surface area contributed by atoms with Gasteiger partial charge in [0.05, 0.1) is 21.8 Å². The molecule has 1 N–H and O–H groups in total. The summed E-state index contributed by atoms with van der Waals surface area (Å²) in [6.07, 6.45) is -4.63. The average molecular weight is 358 g/mol. The van der Waals surface area contributed by atoms with Crippen LogP contribution in [0.3, 0.4) is 0 Å². The van der Waals surface area contributed by atoms with Gasteiger partial charge in [0.25, 0.3) is 5.91 Å². The van der Waals surface area contributed by atoms with E-state index < -0.39 is 29.4 Å². The minimum Gasteiger partial charge on any atom is -0.426 e. The van der Waals surface area contributed by atoms with Crippen LogP contribution in [0.4, 0.5) is 18.9 Å². The van der Waals surface area contributed by atoms with Crippen molar-refractivity contribution in [2.45, 2.75) is 13.1 Å². The van der Waals surface area contributed by atoms with Crippen LogP contribution in [0.25, 0.3) is 0 Å². The number of carbonyl (C=O) groups is 2. The molecule has 0 aliphatic rings. The van der Waals surface area contributed by atoms with E-state index >= 15 is 0 Å². The molecule has 126 valence electrons. The second-order valence-electron chi connectivity index (χ2n) is 4.74. The van der Waals surface area contributed by atoms with Crippen molar-refractivity contribution >= 4 is 29.2 Å². The Kier molecular flexibility index (Phi) is 5.14. The number of amides is 1. The van der Waals surface area contributed by atoms with Gasteiger partial charge in [-0.05, 0) is 30.3 Å². The average Bonchev–Trinajstić information content (AvgIpc) is 2.48. The molecule has 2 aromatic carbocycles. The molecule has 24 heavy (non-hydrogen) atoms. The zero-order valence-corrected chi connectivity index (χ0v) is 13.0. The van der Waals surface area contributed by atoms with Crippen molar-refractivity contribution in [3.05, 3.63) is 58.6 Å². The second-order valence-corrected chi connectivity index (χ2v) is 5.14. The fourth-order valence-electron chi connectivity index (χ4n) is 1.88. The number of esters is 1. The maximum absolute atomic E-state index is 12.8. The molecular formula is C16H11ClF3NO3. The second kappa shape index (κ2) is 6.92. The smallest absolute Gasteiger partial charge is 0.416 e. The molecule has 0 unspecified atom stereocenters. The van der Waals surface area contributed by atoms with Gasteiger partial charge in [-0.2, -0.15) is 13.2 Å². The molecule has 1 amide bonds. The van der Waals surface area contributed by atoms with Crippen molar-refractivity contribution in [1.82, 2.24) is 0 Å². The third-order valence-corrected chi connectivity index (χ3v) is 3.26. The number of nitrogens with one attached hydrogen (secondary N) is 1. The van der Waals surface area contributed by atoms with E-state index in [4.69, 9.17) is 16.3 Å². The lowest BCUT2D eigenvalue weighted by Crippen LogP contribution is -2.16. The fraction of sp³-hybridized carbons (Fsp3) is 0.125. The Morgan fingerprint density at radius 3 is 2.38 bits per heavy atom. The Bertz CT molecular complexity index is 790. The number of ether oxygens (including phenoxy) is 1. The molecule has 0 aliphatic carbocycles. The van der Waals surface area contributed by atoms with Gasteiger partial charge in [-0.3, -0.25) is 9.59 Å². The summed E-state index contributed by atoms with van der Waals surface area (Å²) in [5.41, 5.74) is -0.982. The highest BCUT2D eigenvalue weighted by Gasteiger charge is 2.32. The summed E-state index contributed by atoms with van der Waals surface area (Å²) < 4.78 is 43.1. The molecule has 0 saturated carbocycles. The molecule has 0 aromatic heterocycles. The molecule has 0 spiro atoms. The number of halogens is 4. The van der Waals surface area contributed by atoms with Gasteiger partial charge in [0, 0.05) is 6.92 Å². The minimum atomic E-state index is -4.63. The number of benzene rings is 2. The molecule has 0 radical (unpaired) electrons. The molecule has 0 saturated heterocycles. The molecule has 0 heterocycles. The quantitative estimate of drug-likeness (QED) is 0.648. The van der Waals surface area contributed by atoms with E-state index in [-0.39, 0.29) is 16.3 Å². The van der Waals surface area contributed by atoms with E-state index in [2.05, 4.69) is 5.32 Å². The van der Waals surface area contributed by atoms with E-state index in [9.17, 15) is 22.8 Å². The van der Waals surface area contributed by atoms with Crippen LogP contribution < -0.4 is 10.1 Å². The van der Waals surface area contributed by atoms with E-state index in [1.54, 1.807) is 12.1 Å². The SMILES string of the molecule is CC(=O)Oc1cc(C(F)(F)F)ccc1C(=O)Nc1ccccc1Cl. The molecule has 0 fully saturated rings. The van der Waals surface area contributed by atoms with Crippen LogP contribution in [0.5, 0.6) is 5.75 Å². The molecule has 0 aliphatic heterocycles. The minimum absolute atomic E-state index is 0.224. The first kappa shape index (κ1) is 17.8. The Morgan fingerprint density at radius 2 is 1.79 bits per heavy atom. The zero-order chi connectivity index (χ0) is 17.9. The van der Waals surface area contributed by atoms with Gasteiger partial charge in [0.1, 0.15) is 5.75 Å². The normalized spacial score (nSPS) is 11.0. The van der Waals surface area contributed by atoms with Crippen molar-refractivity contribution in [3.8, 4) is 5.75 Å². The molecular weight excluding hydrogens is 347 g/mol. The molecule has 0 bridgehead atoms. The number of rotatable bonds is 3. The lowest BCUT2D eigenvalue weighted by Gasteiger charge is -2.13.